The molecule has 0 aromatic heterocycles. The number of rotatable bonds is 0. The van der Waals surface area contributed by atoms with Crippen molar-refractivity contribution >= 4 is 0 Å². The predicted octanol–water partition coefficient (Wildman–Crippen LogP) is 7.61. The highest BCUT2D eigenvalue weighted by Crippen LogP contribution is 2.79. The van der Waals surface area contributed by atoms with Gasteiger partial charge in [0.15, 0.2) is 0 Å². The first-order chi connectivity index (χ1) is 15.0. The molecule has 0 spiro atoms. The van der Waals surface area contributed by atoms with E-state index in [-0.39, 0.29) is 16.9 Å². The zero-order valence-corrected chi connectivity index (χ0v) is 23.4. The van der Waals surface area contributed by atoms with Crippen molar-refractivity contribution in [3.8, 4) is 0 Å². The molecule has 0 aromatic rings. The number of hydrogen-bond acceptors (Lipinski definition) is 2. The molecule has 0 amide bonds. The van der Waals surface area contributed by atoms with Crippen LogP contribution in [0.2, 0.25) is 0 Å². The Bertz CT molecular complexity index is 816. The Balaban J connectivity index is 1.57. The largest absolute Gasteiger partial charge is 0.393 e. The van der Waals surface area contributed by atoms with Gasteiger partial charge in [-0.15, -0.1) is 0 Å². The normalized spacial score (nSPS) is 62.5. The van der Waals surface area contributed by atoms with Gasteiger partial charge in [-0.3, -0.25) is 0 Å². The second kappa shape index (κ2) is 6.81. The second-order valence-corrected chi connectivity index (χ2v) is 15.9. The molecule has 0 saturated heterocycles. The summed E-state index contributed by atoms with van der Waals surface area (Å²) in [6.07, 6.45) is 12.1. The first-order valence-corrected chi connectivity index (χ1v) is 14.4. The lowest BCUT2D eigenvalue weighted by molar-refractivity contribution is -0.289. The number of hydrogen-bond donors (Lipinski definition) is 2. The minimum atomic E-state index is -0.513. The quantitative estimate of drug-likeness (QED) is 0.392. The summed E-state index contributed by atoms with van der Waals surface area (Å²) in [5.74, 6) is 2.49. The van der Waals surface area contributed by atoms with E-state index in [1.54, 1.807) is 0 Å². The maximum Gasteiger partial charge on any atom is 0.0648 e. The van der Waals surface area contributed by atoms with Crippen LogP contribution in [0.4, 0.5) is 0 Å². The lowest BCUT2D eigenvalue weighted by atomic mass is 9.28. The van der Waals surface area contributed by atoms with Crippen molar-refractivity contribution in [1.29, 1.82) is 0 Å². The smallest absolute Gasteiger partial charge is 0.0648 e. The van der Waals surface area contributed by atoms with Gasteiger partial charge >= 0.3 is 0 Å². The van der Waals surface area contributed by atoms with Crippen LogP contribution in [-0.4, -0.2) is 21.9 Å². The molecule has 11 atom stereocenters. The van der Waals surface area contributed by atoms with Crippen LogP contribution < -0.4 is 0 Å². The minimum Gasteiger partial charge on any atom is -0.393 e. The predicted molar refractivity (Wildman–Crippen MR) is 137 cm³/mol. The molecule has 5 fully saturated rings. The van der Waals surface area contributed by atoms with E-state index in [0.717, 1.165) is 24.7 Å². The van der Waals surface area contributed by atoms with Gasteiger partial charge in [0.2, 0.25) is 0 Å². The van der Waals surface area contributed by atoms with Crippen molar-refractivity contribution in [2.45, 2.75) is 138 Å². The summed E-state index contributed by atoms with van der Waals surface area (Å²) in [6.45, 7) is 22.4. The van der Waals surface area contributed by atoms with Crippen LogP contribution in [0, 0.1) is 56.2 Å². The van der Waals surface area contributed by atoms with Gasteiger partial charge in [0.1, 0.15) is 0 Å². The zero-order chi connectivity index (χ0) is 24.5. The van der Waals surface area contributed by atoms with Gasteiger partial charge in [-0.25, -0.2) is 0 Å². The van der Waals surface area contributed by atoms with Crippen LogP contribution in [0.1, 0.15) is 127 Å². The van der Waals surface area contributed by atoms with Crippen LogP contribution in [0.3, 0.4) is 0 Å². The van der Waals surface area contributed by atoms with Crippen LogP contribution in [0.25, 0.3) is 0 Å². The molecule has 0 aromatic carbocycles. The van der Waals surface area contributed by atoms with Crippen molar-refractivity contribution in [2.75, 3.05) is 0 Å². The van der Waals surface area contributed by atoms with E-state index in [0.29, 0.717) is 33.5 Å². The van der Waals surface area contributed by atoms with E-state index in [4.69, 9.17) is 0 Å². The van der Waals surface area contributed by atoms with Crippen molar-refractivity contribution in [1.82, 2.24) is 0 Å². The molecule has 5 aliphatic rings. The molecule has 5 rings (SSSR count). The summed E-state index contributed by atoms with van der Waals surface area (Å²) < 4.78 is 0. The number of aliphatic hydroxyl groups is 2. The van der Waals surface area contributed by atoms with Crippen molar-refractivity contribution < 1.29 is 10.2 Å². The molecule has 33 heavy (non-hydrogen) atoms. The van der Waals surface area contributed by atoms with Gasteiger partial charge in [-0.05, 0) is 127 Å². The Labute approximate surface area is 204 Å². The molecular formula is C31H54O2. The fourth-order valence-corrected chi connectivity index (χ4v) is 11.8. The molecule has 2 nitrogen and oxygen atoms in total. The summed E-state index contributed by atoms with van der Waals surface area (Å²) in [4.78, 5) is 0. The van der Waals surface area contributed by atoms with Crippen molar-refractivity contribution in [3.63, 3.8) is 0 Å². The van der Waals surface area contributed by atoms with Gasteiger partial charge in [0.25, 0.3) is 0 Å². The van der Waals surface area contributed by atoms with Crippen molar-refractivity contribution in [2.24, 2.45) is 56.2 Å². The molecule has 0 aliphatic heterocycles. The minimum absolute atomic E-state index is 0.0270. The number of aliphatic hydroxyl groups excluding tert-OH is 1. The van der Waals surface area contributed by atoms with Gasteiger partial charge in [-0.2, -0.15) is 0 Å². The lowest BCUT2D eigenvalue weighted by Gasteiger charge is -2.76. The van der Waals surface area contributed by atoms with Crippen LogP contribution >= 0.6 is 0 Å². The first kappa shape index (κ1) is 24.6. The molecule has 2 heteroatoms. The van der Waals surface area contributed by atoms with Crippen LogP contribution in [-0.2, 0) is 0 Å². The summed E-state index contributed by atoms with van der Waals surface area (Å²) >= 11 is 0. The van der Waals surface area contributed by atoms with Gasteiger partial charge in [0.05, 0.1) is 11.7 Å². The molecule has 0 bridgehead atoms. The molecule has 5 aliphatic carbocycles. The molecular weight excluding hydrogens is 404 g/mol. The Hall–Kier alpha value is -0.0800. The van der Waals surface area contributed by atoms with Crippen LogP contribution in [0.5, 0.6) is 0 Å². The molecule has 0 radical (unpaired) electrons. The summed E-state index contributed by atoms with van der Waals surface area (Å²) in [6, 6.07) is 0. The average molecular weight is 459 g/mol. The van der Waals surface area contributed by atoms with E-state index in [1.165, 1.54) is 51.4 Å². The first-order valence-electron chi connectivity index (χ1n) is 14.4. The third kappa shape index (κ3) is 2.70. The maximum absolute atomic E-state index is 11.4. The molecule has 190 valence electrons. The molecule has 11 unspecified atom stereocenters. The molecule has 2 N–H and O–H groups in total. The standard InChI is InChI=1S/C31H54O2/c1-20-24-21-10-11-22-28(6,27(21,5)16-14-26(24,4)15-18-30(20,8)33)17-19-31(9)25(2,3)23(32)12-13-29(22,31)7/h20-24,32-33H,10-19H2,1-9H3. The summed E-state index contributed by atoms with van der Waals surface area (Å²) in [7, 11) is 0. The van der Waals surface area contributed by atoms with E-state index >= 15 is 0 Å². The highest BCUT2D eigenvalue weighted by atomic mass is 16.3. The monoisotopic (exact) mass is 458 g/mol. The maximum atomic E-state index is 11.4. The third-order valence-corrected chi connectivity index (χ3v) is 15.2. The van der Waals surface area contributed by atoms with Gasteiger partial charge in [-0.1, -0.05) is 55.4 Å². The highest BCUT2D eigenvalue weighted by Gasteiger charge is 2.73. The van der Waals surface area contributed by atoms with E-state index < -0.39 is 5.60 Å². The van der Waals surface area contributed by atoms with E-state index in [2.05, 4.69) is 62.3 Å². The summed E-state index contributed by atoms with van der Waals surface area (Å²) in [5.41, 5.74) is 1.05. The topological polar surface area (TPSA) is 40.5 Å². The Morgan fingerprint density at radius 3 is 1.91 bits per heavy atom. The van der Waals surface area contributed by atoms with Gasteiger partial charge < -0.3 is 10.2 Å². The lowest BCUT2D eigenvalue weighted by Crippen LogP contribution is -2.70. The van der Waals surface area contributed by atoms with Crippen LogP contribution in [0.15, 0.2) is 0 Å². The second-order valence-electron chi connectivity index (χ2n) is 15.9. The zero-order valence-electron chi connectivity index (χ0n) is 23.4. The van der Waals surface area contributed by atoms with Gasteiger partial charge in [0, 0.05) is 0 Å². The fraction of sp³-hybridized carbons (Fsp3) is 1.00. The molecule has 0 heterocycles. The Morgan fingerprint density at radius 1 is 0.636 bits per heavy atom. The third-order valence-electron chi connectivity index (χ3n) is 15.2. The number of fused-ring (bicyclic) bond motifs is 7. The van der Waals surface area contributed by atoms with Crippen molar-refractivity contribution in [3.05, 3.63) is 0 Å². The van der Waals surface area contributed by atoms with E-state index in [1.807, 2.05) is 0 Å². The summed E-state index contributed by atoms with van der Waals surface area (Å²) in [5, 5.41) is 22.4. The Morgan fingerprint density at radius 2 is 1.24 bits per heavy atom. The Kier molecular flexibility index (Phi) is 5.08. The SMILES string of the molecule is CC1C2C3CCC4C(C)(CCC5(C)C(C)(C)C(O)CCC45C)C3(C)CCC2(C)CCC1(C)O. The highest BCUT2D eigenvalue weighted by molar-refractivity contribution is 5.21. The average Bonchev–Trinajstić information content (AvgIpc) is 2.73. The molecule has 5 saturated carbocycles. The van der Waals surface area contributed by atoms with E-state index in [9.17, 15) is 10.2 Å². The fourth-order valence-electron chi connectivity index (χ4n) is 11.8.